The van der Waals surface area contributed by atoms with Gasteiger partial charge in [-0.05, 0) is 60.3 Å². The van der Waals surface area contributed by atoms with Gasteiger partial charge in [0.2, 0.25) is 5.90 Å². The number of rotatable bonds is 11. The van der Waals surface area contributed by atoms with Crippen molar-refractivity contribution in [2.75, 3.05) is 26.3 Å². The van der Waals surface area contributed by atoms with Gasteiger partial charge in [-0.25, -0.2) is 10.0 Å². The Morgan fingerprint density at radius 1 is 1.17 bits per heavy atom. The molecule has 0 aliphatic carbocycles. The third-order valence-electron chi connectivity index (χ3n) is 7.24. The highest BCUT2D eigenvalue weighted by molar-refractivity contribution is 6.35. The molecule has 2 aliphatic rings. The Labute approximate surface area is 253 Å². The maximum Gasteiger partial charge on any atom is 0.266 e. The van der Waals surface area contributed by atoms with E-state index in [2.05, 4.69) is 15.5 Å². The van der Waals surface area contributed by atoms with Crippen LogP contribution in [0.2, 0.25) is 10.0 Å². The fraction of sp³-hybridized carbons (Fsp3) is 0.333. The summed E-state index contributed by atoms with van der Waals surface area (Å²) in [7, 11) is 0. The molecule has 12 heteroatoms. The molecule has 42 heavy (non-hydrogen) atoms. The van der Waals surface area contributed by atoms with Gasteiger partial charge in [-0.1, -0.05) is 58.6 Å². The molecule has 1 fully saturated rings. The van der Waals surface area contributed by atoms with Crippen LogP contribution < -0.4 is 10.2 Å². The van der Waals surface area contributed by atoms with E-state index in [1.165, 1.54) is 0 Å². The maximum atomic E-state index is 14.4. The molecule has 2 atom stereocenters. The first kappa shape index (κ1) is 29.7. The summed E-state index contributed by atoms with van der Waals surface area (Å²) in [6.07, 6.45) is 1.60. The largest absolute Gasteiger partial charge is 0.494 e. The maximum absolute atomic E-state index is 14.4. The van der Waals surface area contributed by atoms with Gasteiger partial charge in [0, 0.05) is 64.3 Å². The molecule has 2 N–H and O–H groups in total. The van der Waals surface area contributed by atoms with Crippen molar-refractivity contribution in [1.82, 2.24) is 10.4 Å². The molecule has 0 spiro atoms. The Bertz CT molecular complexity index is 1510. The summed E-state index contributed by atoms with van der Waals surface area (Å²) in [6, 6.07) is 19.3. The van der Waals surface area contributed by atoms with E-state index in [1.54, 1.807) is 60.7 Å². The number of amides is 1. The van der Waals surface area contributed by atoms with E-state index in [9.17, 15) is 10.3 Å². The Hall–Kier alpha value is -3.79. The third-order valence-corrected chi connectivity index (χ3v) is 7.81. The quantitative estimate of drug-likeness (QED) is 0.114. The number of aliphatic hydroxyl groups is 1. The predicted molar refractivity (Wildman–Crippen MR) is 161 cm³/mol. The normalized spacial score (nSPS) is 20.0. The van der Waals surface area contributed by atoms with E-state index in [-0.39, 0.29) is 24.8 Å². The molecular formula is C30H30Cl2N6O4. The second-order valence-corrected chi connectivity index (χ2v) is 10.9. The van der Waals surface area contributed by atoms with E-state index in [0.717, 1.165) is 25.9 Å². The Morgan fingerprint density at radius 3 is 2.64 bits per heavy atom. The molecule has 0 saturated carbocycles. The van der Waals surface area contributed by atoms with E-state index in [4.69, 9.17) is 42.8 Å². The highest BCUT2D eigenvalue weighted by Gasteiger charge is 2.54. The van der Waals surface area contributed by atoms with Crippen LogP contribution in [-0.2, 0) is 16.0 Å². The first-order valence-corrected chi connectivity index (χ1v) is 14.4. The number of hydrazine groups is 1. The molecule has 0 unspecified atom stereocenters. The van der Waals surface area contributed by atoms with Gasteiger partial charge in [0.05, 0.1) is 6.61 Å². The van der Waals surface area contributed by atoms with Gasteiger partial charge in [0.15, 0.2) is 11.6 Å². The lowest BCUT2D eigenvalue weighted by Crippen LogP contribution is -2.54. The summed E-state index contributed by atoms with van der Waals surface area (Å²) >= 11 is 12.9. The van der Waals surface area contributed by atoms with Gasteiger partial charge in [-0.3, -0.25) is 10.2 Å². The molecule has 0 aromatic heterocycles. The molecule has 218 valence electrons. The van der Waals surface area contributed by atoms with Crippen molar-refractivity contribution in [3.05, 3.63) is 104 Å². The number of nitrogens with one attached hydrogen (secondary N) is 1. The zero-order chi connectivity index (χ0) is 29.5. The fourth-order valence-electron chi connectivity index (χ4n) is 5.14. The van der Waals surface area contributed by atoms with Crippen molar-refractivity contribution in [3.63, 3.8) is 0 Å². The van der Waals surface area contributed by atoms with Gasteiger partial charge in [0.1, 0.15) is 5.75 Å². The highest BCUT2D eigenvalue weighted by Crippen LogP contribution is 2.46. The van der Waals surface area contributed by atoms with Crippen LogP contribution in [0, 0.1) is 0 Å². The minimum Gasteiger partial charge on any atom is -0.494 e. The number of hydrogen-bond donors (Lipinski definition) is 2. The first-order chi connectivity index (χ1) is 20.4. The predicted octanol–water partition coefficient (Wildman–Crippen LogP) is 6.32. The number of aliphatic hydroxyl groups excluding tert-OH is 1. The standard InChI is InChI=1S/C30H30Cl2N6O4/c31-22-10-13-24(25(32)18-22)27-30(29(40)36-38-14-3-4-15-38,19-21-6-1-2-7-26(21)35-37-33)34-28(42-27)20-8-11-23(12-9-20)41-17-5-16-39/h1-2,6-13,18,27,39H,3-5,14-17,19H2,(H,36,40)/t27-,30-/m0/s1. The molecule has 1 amide bonds. The summed E-state index contributed by atoms with van der Waals surface area (Å²) in [5, 5.41) is 15.6. The Balaban J connectivity index is 1.62. The summed E-state index contributed by atoms with van der Waals surface area (Å²) < 4.78 is 12.2. The zero-order valence-electron chi connectivity index (χ0n) is 22.7. The number of ether oxygens (including phenoxy) is 2. The summed E-state index contributed by atoms with van der Waals surface area (Å²) in [4.78, 5) is 22.4. The van der Waals surface area contributed by atoms with Crippen molar-refractivity contribution < 1.29 is 19.4 Å². The number of carbonyl (C=O) groups is 1. The van der Waals surface area contributed by atoms with E-state index in [1.807, 2.05) is 11.1 Å². The zero-order valence-corrected chi connectivity index (χ0v) is 24.3. The lowest BCUT2D eigenvalue weighted by atomic mass is 9.81. The average Bonchev–Trinajstić information content (AvgIpc) is 3.64. The molecule has 3 aromatic carbocycles. The van der Waals surface area contributed by atoms with Gasteiger partial charge in [-0.2, -0.15) is 0 Å². The minimum atomic E-state index is -1.52. The molecule has 10 nitrogen and oxygen atoms in total. The molecule has 1 saturated heterocycles. The van der Waals surface area contributed by atoms with E-state index in [0.29, 0.717) is 51.2 Å². The smallest absolute Gasteiger partial charge is 0.266 e. The van der Waals surface area contributed by atoms with Crippen LogP contribution in [0.1, 0.15) is 42.1 Å². The molecule has 2 aliphatic heterocycles. The van der Waals surface area contributed by atoms with Crippen molar-refractivity contribution in [3.8, 4) is 5.75 Å². The van der Waals surface area contributed by atoms with E-state index >= 15 is 0 Å². The van der Waals surface area contributed by atoms with Crippen molar-refractivity contribution in [2.24, 2.45) is 10.1 Å². The second kappa shape index (κ2) is 13.5. The monoisotopic (exact) mass is 608 g/mol. The van der Waals surface area contributed by atoms with Crippen LogP contribution in [0.5, 0.6) is 5.75 Å². The number of carbonyl (C=O) groups excluding carboxylic acids is 1. The number of benzene rings is 3. The lowest BCUT2D eigenvalue weighted by molar-refractivity contribution is -0.133. The molecular weight excluding hydrogens is 579 g/mol. The third kappa shape index (κ3) is 6.48. The molecule has 3 aromatic rings. The topological polar surface area (TPSA) is 132 Å². The van der Waals surface area contributed by atoms with Crippen LogP contribution >= 0.6 is 23.2 Å². The van der Waals surface area contributed by atoms with Crippen molar-refractivity contribution in [2.45, 2.75) is 37.3 Å². The van der Waals surface area contributed by atoms with Crippen LogP contribution in [0.4, 0.5) is 5.69 Å². The second-order valence-electron chi connectivity index (χ2n) is 10.1. The highest BCUT2D eigenvalue weighted by atomic mass is 35.5. The Morgan fingerprint density at radius 2 is 1.93 bits per heavy atom. The average molecular weight is 610 g/mol. The van der Waals surface area contributed by atoms with Crippen molar-refractivity contribution in [1.29, 1.82) is 0 Å². The van der Waals surface area contributed by atoms with Crippen LogP contribution in [0.3, 0.4) is 0 Å². The van der Waals surface area contributed by atoms with Gasteiger partial charge in [0.25, 0.3) is 5.91 Å². The SMILES string of the molecule is [N-]=[N+]=Nc1ccccc1C[C@]1(C(=O)NN2CCCC2)N=C(c2ccc(OCCCO)cc2)O[C@H]1c1ccc(Cl)cc1Cl. The van der Waals surface area contributed by atoms with Crippen LogP contribution in [0.25, 0.3) is 10.4 Å². The van der Waals surface area contributed by atoms with E-state index < -0.39 is 11.6 Å². The summed E-state index contributed by atoms with van der Waals surface area (Å²) in [5.74, 6) is 0.519. The summed E-state index contributed by atoms with van der Waals surface area (Å²) in [5.41, 5.74) is 13.0. The number of hydrogen-bond acceptors (Lipinski definition) is 7. The van der Waals surface area contributed by atoms with Gasteiger partial charge in [-0.15, -0.1) is 0 Å². The lowest BCUT2D eigenvalue weighted by Gasteiger charge is -2.33. The minimum absolute atomic E-state index is 0.0434. The number of nitrogens with zero attached hydrogens (tertiary/aromatic N) is 5. The van der Waals surface area contributed by atoms with Gasteiger partial charge >= 0.3 is 0 Å². The number of azide groups is 1. The fourth-order valence-corrected chi connectivity index (χ4v) is 5.65. The van der Waals surface area contributed by atoms with Gasteiger partial charge < -0.3 is 14.6 Å². The molecule has 2 heterocycles. The van der Waals surface area contributed by atoms with Crippen molar-refractivity contribution >= 4 is 40.7 Å². The Kier molecular flexibility index (Phi) is 9.51. The van der Waals surface area contributed by atoms with Crippen LogP contribution in [0.15, 0.2) is 76.8 Å². The first-order valence-electron chi connectivity index (χ1n) is 13.7. The molecule has 0 bridgehead atoms. The number of halogens is 2. The number of aliphatic imine (C=N–C) groups is 1. The molecule has 0 radical (unpaired) electrons. The van der Waals surface area contributed by atoms with Crippen LogP contribution in [-0.4, -0.2) is 53.8 Å². The molecule has 5 rings (SSSR count). The summed E-state index contributed by atoms with van der Waals surface area (Å²) in [6.45, 7) is 1.87.